The van der Waals surface area contributed by atoms with Crippen LogP contribution in [-0.2, 0) is 27.9 Å². The van der Waals surface area contributed by atoms with E-state index in [1.807, 2.05) is 6.08 Å². The molecule has 0 bridgehead atoms. The zero-order valence-electron chi connectivity index (χ0n) is 34.3. The van der Waals surface area contributed by atoms with Crippen molar-refractivity contribution in [2.75, 3.05) is 33.0 Å². The fraction of sp³-hybridized carbons (Fsp3) is 0.543. The topological polar surface area (TPSA) is 132 Å². The highest BCUT2D eigenvalue weighted by atomic mass is 31.2. The lowest BCUT2D eigenvalue weighted by Crippen LogP contribution is -2.29. The quantitative estimate of drug-likeness (QED) is 0.0243. The number of rotatable bonds is 37. The Hall–Kier alpha value is -3.14. The summed E-state index contributed by atoms with van der Waals surface area (Å²) in [6.07, 6.45) is 54.6. The van der Waals surface area contributed by atoms with Gasteiger partial charge in [0.2, 0.25) is 0 Å². The van der Waals surface area contributed by atoms with Crippen LogP contribution in [0.15, 0.2) is 122 Å². The molecule has 0 aliphatic heterocycles. The van der Waals surface area contributed by atoms with Gasteiger partial charge in [-0.2, -0.15) is 0 Å². The summed E-state index contributed by atoms with van der Waals surface area (Å²) in [7, 11) is -4.55. The number of phosphoric ester groups is 1. The van der Waals surface area contributed by atoms with Gasteiger partial charge in [-0.25, -0.2) is 4.57 Å². The monoisotopic (exact) mass is 800 g/mol. The summed E-state index contributed by atoms with van der Waals surface area (Å²) < 4.78 is 33.2. The van der Waals surface area contributed by atoms with Gasteiger partial charge in [-0.3, -0.25) is 13.8 Å². The van der Waals surface area contributed by atoms with Crippen LogP contribution in [0.2, 0.25) is 0 Å². The molecular weight excluding hydrogens is 727 g/mol. The van der Waals surface area contributed by atoms with Crippen molar-refractivity contribution in [1.29, 1.82) is 0 Å². The van der Waals surface area contributed by atoms with Crippen molar-refractivity contribution >= 4 is 13.8 Å². The van der Waals surface area contributed by atoms with E-state index in [0.29, 0.717) is 19.4 Å². The van der Waals surface area contributed by atoms with Crippen molar-refractivity contribution in [3.05, 3.63) is 122 Å². The van der Waals surface area contributed by atoms with Crippen LogP contribution < -0.4 is 0 Å². The maximum absolute atomic E-state index is 12.6. The zero-order chi connectivity index (χ0) is 41.1. The van der Waals surface area contributed by atoms with Crippen molar-refractivity contribution in [3.63, 3.8) is 0 Å². The van der Waals surface area contributed by atoms with E-state index in [1.54, 1.807) is 0 Å². The lowest BCUT2D eigenvalue weighted by molar-refractivity contribution is -0.154. The molecule has 0 fully saturated rings. The van der Waals surface area contributed by atoms with Gasteiger partial charge in [-0.15, -0.1) is 0 Å². The van der Waals surface area contributed by atoms with Gasteiger partial charge in [0, 0.05) is 13.0 Å². The highest BCUT2D eigenvalue weighted by Crippen LogP contribution is 2.43. The zero-order valence-corrected chi connectivity index (χ0v) is 35.2. The van der Waals surface area contributed by atoms with E-state index in [-0.39, 0.29) is 13.0 Å². The number of unbranched alkanes of at least 4 members (excludes halogenated alkanes) is 3. The minimum absolute atomic E-state index is 0.0125. The van der Waals surface area contributed by atoms with E-state index in [9.17, 15) is 19.4 Å². The number of phosphoric acid groups is 1. The molecule has 0 aromatic heterocycles. The Morgan fingerprint density at radius 1 is 0.554 bits per heavy atom. The number of carbonyl (C=O) groups excluding carboxylic acids is 1. The van der Waals surface area contributed by atoms with Crippen molar-refractivity contribution in [3.8, 4) is 0 Å². The van der Waals surface area contributed by atoms with Gasteiger partial charge in [-0.1, -0.05) is 135 Å². The second kappa shape index (κ2) is 41.5. The maximum Gasteiger partial charge on any atom is 0.472 e. The molecule has 0 aliphatic carbocycles. The van der Waals surface area contributed by atoms with Gasteiger partial charge in [0.05, 0.1) is 26.4 Å². The lowest BCUT2D eigenvalue weighted by Gasteiger charge is -2.20. The molecule has 3 atom stereocenters. The predicted octanol–water partition coefficient (Wildman–Crippen LogP) is 11.2. The third-order valence-corrected chi connectivity index (χ3v) is 8.59. The molecule has 0 radical (unpaired) electrons. The fourth-order valence-corrected chi connectivity index (χ4v) is 5.38. The van der Waals surface area contributed by atoms with Gasteiger partial charge in [0.15, 0.2) is 0 Å². The first-order valence-electron chi connectivity index (χ1n) is 20.5. The number of esters is 1. The first-order chi connectivity index (χ1) is 27.3. The molecule has 0 heterocycles. The summed E-state index contributed by atoms with van der Waals surface area (Å²) in [6.45, 7) is 3.05. The molecule has 56 heavy (non-hydrogen) atoms. The van der Waals surface area contributed by atoms with Crippen molar-refractivity contribution in [2.24, 2.45) is 0 Å². The van der Waals surface area contributed by atoms with Crippen LogP contribution in [0.5, 0.6) is 0 Å². The Kier molecular flexibility index (Phi) is 39.2. The summed E-state index contributed by atoms with van der Waals surface area (Å²) >= 11 is 0. The predicted molar refractivity (Wildman–Crippen MR) is 232 cm³/mol. The van der Waals surface area contributed by atoms with E-state index < -0.39 is 45.8 Å². The molecule has 0 aromatic carbocycles. The second-order valence-corrected chi connectivity index (χ2v) is 14.3. The van der Waals surface area contributed by atoms with Gasteiger partial charge in [0.25, 0.3) is 0 Å². The van der Waals surface area contributed by atoms with Crippen LogP contribution in [0.3, 0.4) is 0 Å². The number of aliphatic hydroxyl groups is 2. The Morgan fingerprint density at radius 3 is 1.38 bits per heavy atom. The van der Waals surface area contributed by atoms with Gasteiger partial charge < -0.3 is 24.6 Å². The van der Waals surface area contributed by atoms with E-state index >= 15 is 0 Å². The van der Waals surface area contributed by atoms with E-state index in [0.717, 1.165) is 83.5 Å². The Balaban J connectivity index is 4.43. The van der Waals surface area contributed by atoms with Crippen LogP contribution in [0.4, 0.5) is 0 Å². The fourth-order valence-electron chi connectivity index (χ4n) is 4.59. The third-order valence-electron chi connectivity index (χ3n) is 7.64. The molecule has 0 aromatic rings. The van der Waals surface area contributed by atoms with E-state index in [2.05, 4.69) is 129 Å². The van der Waals surface area contributed by atoms with Crippen molar-refractivity contribution in [1.82, 2.24) is 0 Å². The Morgan fingerprint density at radius 2 is 0.946 bits per heavy atom. The average molecular weight is 801 g/mol. The molecule has 0 rings (SSSR count). The number of ether oxygens (including phenoxy) is 2. The van der Waals surface area contributed by atoms with Crippen LogP contribution in [0, 0.1) is 0 Å². The SMILES string of the molecule is CC/C=C\C/C=C\C/C=C\C/C=C\C/C=C\CCCCOCC(COP(=O)(O)OCC(O)CO)OC(=O)CCC/C=C\C/C=C\C/C=C\C/C=C\C/C=C\CC. The highest BCUT2D eigenvalue weighted by molar-refractivity contribution is 7.47. The molecule has 316 valence electrons. The largest absolute Gasteiger partial charge is 0.472 e. The third kappa shape index (κ3) is 40.5. The highest BCUT2D eigenvalue weighted by Gasteiger charge is 2.26. The maximum atomic E-state index is 12.6. The first-order valence-corrected chi connectivity index (χ1v) is 22.0. The summed E-state index contributed by atoms with van der Waals surface area (Å²) in [6, 6.07) is 0. The number of allylic oxidation sites excluding steroid dienone is 20. The number of hydrogen-bond acceptors (Lipinski definition) is 8. The van der Waals surface area contributed by atoms with Crippen LogP contribution >= 0.6 is 7.82 Å². The van der Waals surface area contributed by atoms with Crippen molar-refractivity contribution in [2.45, 2.75) is 129 Å². The second-order valence-electron chi connectivity index (χ2n) is 12.9. The molecule has 9 nitrogen and oxygen atoms in total. The molecule has 10 heteroatoms. The average Bonchev–Trinajstić information content (AvgIpc) is 3.19. The van der Waals surface area contributed by atoms with Crippen LogP contribution in [0.1, 0.15) is 117 Å². The standard InChI is InChI=1S/C46H73O9P/c1-3-5-7-9-11-13-15-17-19-21-23-25-27-29-31-33-35-37-39-52-42-45(43-54-56(50,51)53-41-44(48)40-47)55-46(49)38-36-34-32-30-28-26-24-22-20-18-16-14-12-10-8-6-4-2/h5-8,11-14,17-20,23-26,29-32,44-45,47-48H,3-4,9-10,15-16,21-22,27-28,33-43H2,1-2H3,(H,50,51)/b7-5-,8-6-,13-11-,14-12-,19-17-,20-18-,25-23-,26-24-,31-29-,32-30-. The molecule has 3 N–H and O–H groups in total. The van der Waals surface area contributed by atoms with E-state index in [4.69, 9.17) is 23.6 Å². The Bertz CT molecular complexity index is 1270. The smallest absolute Gasteiger partial charge is 0.457 e. The minimum atomic E-state index is -4.55. The van der Waals surface area contributed by atoms with Crippen LogP contribution in [-0.4, -0.2) is 66.3 Å². The normalized spacial score (nSPS) is 15.3. The molecule has 0 saturated carbocycles. The summed E-state index contributed by atoms with van der Waals surface area (Å²) in [4.78, 5) is 22.5. The van der Waals surface area contributed by atoms with E-state index in [1.165, 1.54) is 0 Å². The number of carbonyl (C=O) groups is 1. The molecule has 0 aliphatic rings. The molecular formula is C46H73O9P. The molecule has 0 amide bonds. The summed E-state index contributed by atoms with van der Waals surface area (Å²) in [5.41, 5.74) is 0. The van der Waals surface area contributed by atoms with Crippen LogP contribution in [0.25, 0.3) is 0 Å². The molecule has 0 saturated heterocycles. The van der Waals surface area contributed by atoms with Gasteiger partial charge in [0.1, 0.15) is 12.2 Å². The van der Waals surface area contributed by atoms with Gasteiger partial charge >= 0.3 is 13.8 Å². The van der Waals surface area contributed by atoms with Crippen molar-refractivity contribution < 1.29 is 43.0 Å². The number of hydrogen-bond donors (Lipinski definition) is 3. The molecule has 3 unspecified atom stereocenters. The summed E-state index contributed by atoms with van der Waals surface area (Å²) in [5, 5.41) is 18.3. The molecule has 0 spiro atoms. The lowest BCUT2D eigenvalue weighted by atomic mass is 10.2. The minimum Gasteiger partial charge on any atom is -0.457 e. The first kappa shape index (κ1) is 52.9. The number of aliphatic hydroxyl groups excluding tert-OH is 2. The summed E-state index contributed by atoms with van der Waals surface area (Å²) in [5.74, 6) is -0.461. The Labute approximate surface area is 339 Å². The van der Waals surface area contributed by atoms with Gasteiger partial charge in [-0.05, 0) is 96.3 Å².